The van der Waals surface area contributed by atoms with E-state index in [4.69, 9.17) is 5.21 Å². The van der Waals surface area contributed by atoms with Crippen molar-refractivity contribution in [1.29, 1.82) is 0 Å². The fraction of sp³-hybridized carbons (Fsp3) is 0.667. The number of likely N-dealkylation sites (N-methyl/N-ethyl adjacent to an activating group) is 1. The average Bonchev–Trinajstić information content (AvgIpc) is 1.65. The van der Waals surface area contributed by atoms with Crippen LogP contribution < -0.4 is 0 Å². The second-order valence-electron chi connectivity index (χ2n) is 1.95. The lowest BCUT2D eigenvalue weighted by molar-refractivity contribution is -0.0557. The summed E-state index contributed by atoms with van der Waals surface area (Å²) in [7, 11) is 1.63. The number of rotatable bonds is 2. The van der Waals surface area contributed by atoms with Crippen LogP contribution in [-0.2, 0) is 0 Å². The van der Waals surface area contributed by atoms with Gasteiger partial charge in [0.2, 0.25) is 0 Å². The van der Waals surface area contributed by atoms with Crippen LogP contribution in [0.4, 0.5) is 0 Å². The first-order valence-corrected chi connectivity index (χ1v) is 2.68. The van der Waals surface area contributed by atoms with Crippen LogP contribution in [0.25, 0.3) is 0 Å². The van der Waals surface area contributed by atoms with Crippen LogP contribution in [0.15, 0.2) is 11.6 Å². The monoisotopic (exact) mass is 115 g/mol. The van der Waals surface area contributed by atoms with E-state index in [1.807, 2.05) is 19.9 Å². The number of hydrogen-bond donors (Lipinski definition) is 1. The van der Waals surface area contributed by atoms with Crippen molar-refractivity contribution in [2.75, 3.05) is 13.6 Å². The van der Waals surface area contributed by atoms with Gasteiger partial charge in [-0.05, 0) is 13.8 Å². The van der Waals surface area contributed by atoms with E-state index in [0.717, 1.165) is 5.06 Å². The SMILES string of the molecule is C/C=C(\C)CN(C)O. The van der Waals surface area contributed by atoms with Crippen molar-refractivity contribution >= 4 is 0 Å². The molecule has 0 aliphatic heterocycles. The molecule has 0 aromatic carbocycles. The highest BCUT2D eigenvalue weighted by molar-refractivity contribution is 4.96. The Labute approximate surface area is 50.4 Å². The average molecular weight is 115 g/mol. The molecule has 48 valence electrons. The Balaban J connectivity index is 3.39. The Morgan fingerprint density at radius 1 is 1.75 bits per heavy atom. The standard InChI is InChI=1S/C6H13NO/c1-4-6(2)5-7(3)8/h4,8H,5H2,1-3H3/b6-4+. The van der Waals surface area contributed by atoms with Crippen LogP contribution in [0.3, 0.4) is 0 Å². The van der Waals surface area contributed by atoms with Crippen molar-refractivity contribution in [1.82, 2.24) is 5.06 Å². The highest BCUT2D eigenvalue weighted by atomic mass is 16.5. The lowest BCUT2D eigenvalue weighted by Gasteiger charge is -2.06. The van der Waals surface area contributed by atoms with Crippen molar-refractivity contribution in [2.45, 2.75) is 13.8 Å². The van der Waals surface area contributed by atoms with Crippen molar-refractivity contribution in [3.63, 3.8) is 0 Å². The Kier molecular flexibility index (Phi) is 3.48. The van der Waals surface area contributed by atoms with E-state index in [1.165, 1.54) is 5.57 Å². The second kappa shape index (κ2) is 3.64. The summed E-state index contributed by atoms with van der Waals surface area (Å²) in [4.78, 5) is 0. The third kappa shape index (κ3) is 3.84. The maximum Gasteiger partial charge on any atom is 0.0442 e. The molecule has 2 nitrogen and oxygen atoms in total. The van der Waals surface area contributed by atoms with Gasteiger partial charge >= 0.3 is 0 Å². The first-order valence-electron chi connectivity index (χ1n) is 2.68. The van der Waals surface area contributed by atoms with Gasteiger partial charge in [0, 0.05) is 13.6 Å². The molecule has 1 N–H and O–H groups in total. The normalized spacial score (nSPS) is 12.9. The summed E-state index contributed by atoms with van der Waals surface area (Å²) in [6.45, 7) is 4.57. The van der Waals surface area contributed by atoms with Gasteiger partial charge in [0.1, 0.15) is 0 Å². The maximum absolute atomic E-state index is 8.65. The molecule has 0 radical (unpaired) electrons. The molecule has 0 saturated carbocycles. The summed E-state index contributed by atoms with van der Waals surface area (Å²) < 4.78 is 0. The highest BCUT2D eigenvalue weighted by Crippen LogP contribution is 1.91. The maximum atomic E-state index is 8.65. The largest absolute Gasteiger partial charge is 0.314 e. The molecular formula is C6H13NO. The minimum absolute atomic E-state index is 0.635. The van der Waals surface area contributed by atoms with E-state index in [1.54, 1.807) is 7.05 Å². The summed E-state index contributed by atoms with van der Waals surface area (Å²) in [6.07, 6.45) is 1.98. The molecule has 0 fully saturated rings. The Bertz CT molecular complexity index is 86.5. The summed E-state index contributed by atoms with van der Waals surface area (Å²) in [5.41, 5.74) is 1.18. The molecule has 0 amide bonds. The van der Waals surface area contributed by atoms with E-state index in [-0.39, 0.29) is 0 Å². The summed E-state index contributed by atoms with van der Waals surface area (Å²) in [5, 5.41) is 9.81. The fourth-order valence-electron chi connectivity index (χ4n) is 0.452. The topological polar surface area (TPSA) is 23.5 Å². The van der Waals surface area contributed by atoms with E-state index < -0.39 is 0 Å². The summed E-state index contributed by atoms with van der Waals surface area (Å²) in [6, 6.07) is 0. The van der Waals surface area contributed by atoms with Crippen molar-refractivity contribution in [2.24, 2.45) is 0 Å². The van der Waals surface area contributed by atoms with E-state index in [0.29, 0.717) is 6.54 Å². The van der Waals surface area contributed by atoms with Gasteiger partial charge in [-0.3, -0.25) is 0 Å². The summed E-state index contributed by atoms with van der Waals surface area (Å²) in [5.74, 6) is 0. The summed E-state index contributed by atoms with van der Waals surface area (Å²) >= 11 is 0. The third-order valence-electron chi connectivity index (χ3n) is 0.971. The molecule has 0 spiro atoms. The van der Waals surface area contributed by atoms with Gasteiger partial charge in [-0.15, -0.1) is 0 Å². The Hall–Kier alpha value is -0.340. The van der Waals surface area contributed by atoms with Gasteiger partial charge in [0.25, 0.3) is 0 Å². The van der Waals surface area contributed by atoms with Gasteiger partial charge in [-0.2, -0.15) is 5.06 Å². The number of hydrogen-bond acceptors (Lipinski definition) is 2. The van der Waals surface area contributed by atoms with Crippen molar-refractivity contribution in [3.8, 4) is 0 Å². The zero-order valence-electron chi connectivity index (χ0n) is 5.68. The van der Waals surface area contributed by atoms with E-state index in [9.17, 15) is 0 Å². The molecule has 2 heteroatoms. The lowest BCUT2D eigenvalue weighted by Crippen LogP contribution is -2.14. The minimum atomic E-state index is 0.635. The molecule has 0 aliphatic rings. The predicted molar refractivity (Wildman–Crippen MR) is 33.8 cm³/mol. The molecule has 8 heavy (non-hydrogen) atoms. The molecule has 0 aromatic heterocycles. The third-order valence-corrected chi connectivity index (χ3v) is 0.971. The van der Waals surface area contributed by atoms with Crippen LogP contribution in [0.2, 0.25) is 0 Å². The molecule has 0 aromatic rings. The van der Waals surface area contributed by atoms with Crippen molar-refractivity contribution < 1.29 is 5.21 Å². The van der Waals surface area contributed by atoms with Crippen LogP contribution in [0.1, 0.15) is 13.8 Å². The van der Waals surface area contributed by atoms with Crippen LogP contribution in [0, 0.1) is 0 Å². The molecule has 0 saturated heterocycles. The molecule has 0 unspecified atom stereocenters. The van der Waals surface area contributed by atoms with Gasteiger partial charge in [-0.25, -0.2) is 0 Å². The Morgan fingerprint density at radius 2 is 2.25 bits per heavy atom. The minimum Gasteiger partial charge on any atom is -0.314 e. The van der Waals surface area contributed by atoms with Crippen LogP contribution in [0.5, 0.6) is 0 Å². The quantitative estimate of drug-likeness (QED) is 0.433. The van der Waals surface area contributed by atoms with Crippen LogP contribution >= 0.6 is 0 Å². The zero-order chi connectivity index (χ0) is 6.57. The van der Waals surface area contributed by atoms with Gasteiger partial charge in [0.05, 0.1) is 0 Å². The van der Waals surface area contributed by atoms with Gasteiger partial charge in [0.15, 0.2) is 0 Å². The zero-order valence-corrected chi connectivity index (χ0v) is 5.68. The molecule has 0 bridgehead atoms. The highest BCUT2D eigenvalue weighted by Gasteiger charge is 1.89. The fourth-order valence-corrected chi connectivity index (χ4v) is 0.452. The Morgan fingerprint density at radius 3 is 2.38 bits per heavy atom. The molecule has 0 rings (SSSR count). The predicted octanol–water partition coefficient (Wildman–Crippen LogP) is 1.27. The van der Waals surface area contributed by atoms with Crippen LogP contribution in [-0.4, -0.2) is 23.9 Å². The van der Waals surface area contributed by atoms with E-state index in [2.05, 4.69) is 0 Å². The molecular weight excluding hydrogens is 102 g/mol. The number of nitrogens with zero attached hydrogens (tertiary/aromatic N) is 1. The second-order valence-corrected chi connectivity index (χ2v) is 1.95. The molecule has 0 heterocycles. The number of allylic oxidation sites excluding steroid dienone is 1. The number of hydroxylamine groups is 2. The molecule has 0 aliphatic carbocycles. The lowest BCUT2D eigenvalue weighted by atomic mass is 10.3. The van der Waals surface area contributed by atoms with E-state index >= 15 is 0 Å². The first kappa shape index (κ1) is 7.66. The molecule has 0 atom stereocenters. The van der Waals surface area contributed by atoms with Crippen molar-refractivity contribution in [3.05, 3.63) is 11.6 Å². The smallest absolute Gasteiger partial charge is 0.0442 e. The van der Waals surface area contributed by atoms with Gasteiger partial charge < -0.3 is 5.21 Å². The first-order chi connectivity index (χ1) is 3.66. The van der Waals surface area contributed by atoms with Gasteiger partial charge in [-0.1, -0.05) is 11.6 Å².